The Bertz CT molecular complexity index is 1310. The number of benzene rings is 2. The molecule has 1 unspecified atom stereocenters. The van der Waals surface area contributed by atoms with E-state index in [2.05, 4.69) is 4.98 Å². The second kappa shape index (κ2) is 8.65. The van der Waals surface area contributed by atoms with Crippen molar-refractivity contribution in [3.8, 4) is 11.1 Å². The Balaban J connectivity index is 1.93. The first-order chi connectivity index (χ1) is 15.0. The highest BCUT2D eigenvalue weighted by Gasteiger charge is 2.29. The molecule has 6 nitrogen and oxygen atoms in total. The minimum atomic E-state index is -1.05. The molecular formula is C24H20N2O4S. The van der Waals surface area contributed by atoms with Crippen LogP contribution in [0.25, 0.3) is 21.3 Å². The highest BCUT2D eigenvalue weighted by molar-refractivity contribution is 7.17. The number of methoxy groups -OCH3 is 1. The molecule has 4 aromatic rings. The van der Waals surface area contributed by atoms with Crippen LogP contribution in [0.3, 0.4) is 0 Å². The van der Waals surface area contributed by atoms with E-state index in [1.54, 1.807) is 37.3 Å². The molecule has 7 heteroatoms. The summed E-state index contributed by atoms with van der Waals surface area (Å²) in [5.74, 6) is -0.541. The summed E-state index contributed by atoms with van der Waals surface area (Å²) in [7, 11) is 1.26. The molecule has 156 valence electrons. The summed E-state index contributed by atoms with van der Waals surface area (Å²) in [5.41, 5.74) is 1.72. The van der Waals surface area contributed by atoms with Crippen LogP contribution in [0.1, 0.15) is 28.6 Å². The van der Waals surface area contributed by atoms with E-state index in [1.807, 2.05) is 35.7 Å². The third kappa shape index (κ3) is 3.92. The number of ether oxygens (including phenoxy) is 1. The number of carbonyl (C=O) groups excluding carboxylic acids is 2. The Hall–Kier alpha value is -3.58. The van der Waals surface area contributed by atoms with Gasteiger partial charge in [-0.3, -0.25) is 19.0 Å². The summed E-state index contributed by atoms with van der Waals surface area (Å²) in [4.78, 5) is 44.4. The lowest BCUT2D eigenvalue weighted by molar-refractivity contribution is -0.141. The normalized spacial score (nSPS) is 11.9. The third-order valence-electron chi connectivity index (χ3n) is 5.16. The van der Waals surface area contributed by atoms with E-state index in [0.717, 1.165) is 11.1 Å². The van der Waals surface area contributed by atoms with Crippen molar-refractivity contribution in [2.45, 2.75) is 19.4 Å². The van der Waals surface area contributed by atoms with E-state index < -0.39 is 12.0 Å². The number of nitrogens with zero attached hydrogens (tertiary/aromatic N) is 2. The molecule has 0 bridgehead atoms. The smallest absolute Gasteiger partial charge is 0.308 e. The van der Waals surface area contributed by atoms with Crippen LogP contribution < -0.4 is 5.56 Å². The maximum absolute atomic E-state index is 13.7. The van der Waals surface area contributed by atoms with Crippen LogP contribution >= 0.6 is 11.3 Å². The molecule has 0 N–H and O–H groups in total. The molecule has 0 aliphatic carbocycles. The van der Waals surface area contributed by atoms with E-state index in [1.165, 1.54) is 23.0 Å². The largest absolute Gasteiger partial charge is 0.469 e. The highest BCUT2D eigenvalue weighted by Crippen LogP contribution is 2.31. The van der Waals surface area contributed by atoms with Crippen LogP contribution in [0, 0.1) is 6.92 Å². The first-order valence-corrected chi connectivity index (χ1v) is 10.6. The van der Waals surface area contributed by atoms with Gasteiger partial charge < -0.3 is 4.74 Å². The fourth-order valence-electron chi connectivity index (χ4n) is 3.64. The average Bonchev–Trinajstić information content (AvgIpc) is 3.23. The van der Waals surface area contributed by atoms with Gasteiger partial charge in [-0.2, -0.15) is 0 Å². The Kier molecular flexibility index (Phi) is 5.77. The van der Waals surface area contributed by atoms with E-state index in [9.17, 15) is 14.4 Å². The van der Waals surface area contributed by atoms with E-state index in [0.29, 0.717) is 21.6 Å². The number of hydrogen-bond acceptors (Lipinski definition) is 6. The molecule has 2 heterocycles. The SMILES string of the molecule is COC(=O)CC(C(=O)c1ccccc1)n1c(C)nc2scc(-c3ccccc3)c2c1=O. The lowest BCUT2D eigenvalue weighted by Gasteiger charge is -2.20. The van der Waals surface area contributed by atoms with Crippen molar-refractivity contribution in [2.24, 2.45) is 0 Å². The molecule has 1 atom stereocenters. The fourth-order valence-corrected chi connectivity index (χ4v) is 4.62. The molecule has 0 saturated carbocycles. The lowest BCUT2D eigenvalue weighted by Crippen LogP contribution is -2.34. The quantitative estimate of drug-likeness (QED) is 0.333. The molecule has 0 spiro atoms. The Morgan fingerprint density at radius 1 is 1.06 bits per heavy atom. The number of hydrogen-bond donors (Lipinski definition) is 0. The van der Waals surface area contributed by atoms with Crippen LogP contribution in [-0.4, -0.2) is 28.4 Å². The van der Waals surface area contributed by atoms with Crippen LogP contribution in [0.5, 0.6) is 0 Å². The Morgan fingerprint density at radius 2 is 1.71 bits per heavy atom. The molecule has 0 aliphatic heterocycles. The van der Waals surface area contributed by atoms with Gasteiger partial charge in [0.2, 0.25) is 0 Å². The number of carbonyl (C=O) groups is 2. The summed E-state index contributed by atoms with van der Waals surface area (Å²) in [6.07, 6.45) is -0.261. The Morgan fingerprint density at radius 3 is 2.35 bits per heavy atom. The average molecular weight is 433 g/mol. The molecule has 2 aromatic heterocycles. The molecule has 4 rings (SSSR count). The van der Waals surface area contributed by atoms with E-state index in [-0.39, 0.29) is 17.8 Å². The van der Waals surface area contributed by atoms with Gasteiger partial charge in [-0.25, -0.2) is 4.98 Å². The van der Waals surface area contributed by atoms with Crippen LogP contribution in [0.15, 0.2) is 70.8 Å². The topological polar surface area (TPSA) is 78.3 Å². The number of esters is 1. The summed E-state index contributed by atoms with van der Waals surface area (Å²) < 4.78 is 6.14. The molecule has 2 aromatic carbocycles. The second-order valence-electron chi connectivity index (χ2n) is 7.06. The molecule has 31 heavy (non-hydrogen) atoms. The van der Waals surface area contributed by atoms with Gasteiger partial charge in [0, 0.05) is 16.5 Å². The zero-order valence-corrected chi connectivity index (χ0v) is 17.9. The number of aromatic nitrogens is 2. The molecule has 0 saturated heterocycles. The van der Waals surface area contributed by atoms with Gasteiger partial charge in [-0.1, -0.05) is 60.7 Å². The molecule has 0 aliphatic rings. The fraction of sp³-hybridized carbons (Fsp3) is 0.167. The first-order valence-electron chi connectivity index (χ1n) is 9.73. The summed E-state index contributed by atoms with van der Waals surface area (Å²) in [6.45, 7) is 1.67. The van der Waals surface area contributed by atoms with Gasteiger partial charge >= 0.3 is 5.97 Å². The molecular weight excluding hydrogens is 412 g/mol. The zero-order chi connectivity index (χ0) is 22.0. The predicted octanol–water partition coefficient (Wildman–Crippen LogP) is 4.42. The van der Waals surface area contributed by atoms with Crippen molar-refractivity contribution in [3.05, 3.63) is 87.8 Å². The number of fused-ring (bicyclic) bond motifs is 1. The van der Waals surface area contributed by atoms with Gasteiger partial charge in [0.25, 0.3) is 5.56 Å². The monoisotopic (exact) mass is 432 g/mol. The standard InChI is InChI=1S/C24H20N2O4S/c1-15-25-23-21(18(14-31-23)16-9-5-3-6-10-16)24(29)26(15)19(13-20(27)30-2)22(28)17-11-7-4-8-12-17/h3-12,14,19H,13H2,1-2H3. The lowest BCUT2D eigenvalue weighted by atomic mass is 10.0. The molecule has 0 radical (unpaired) electrons. The van der Waals surface area contributed by atoms with Gasteiger partial charge in [0.15, 0.2) is 5.78 Å². The summed E-state index contributed by atoms with van der Waals surface area (Å²) in [6, 6.07) is 17.1. The molecule has 0 amide bonds. The maximum atomic E-state index is 13.7. The van der Waals surface area contributed by atoms with E-state index >= 15 is 0 Å². The van der Waals surface area contributed by atoms with Crippen LogP contribution in [0.2, 0.25) is 0 Å². The number of ketones is 1. The van der Waals surface area contributed by atoms with E-state index in [4.69, 9.17) is 4.74 Å². The first kappa shape index (κ1) is 20.7. The zero-order valence-electron chi connectivity index (χ0n) is 17.1. The predicted molar refractivity (Wildman–Crippen MR) is 120 cm³/mol. The van der Waals surface area contributed by atoms with Crippen LogP contribution in [-0.2, 0) is 9.53 Å². The maximum Gasteiger partial charge on any atom is 0.308 e. The Labute approximate surface area is 182 Å². The van der Waals surface area contributed by atoms with Gasteiger partial charge in [0.05, 0.1) is 18.9 Å². The highest BCUT2D eigenvalue weighted by atomic mass is 32.1. The van der Waals surface area contributed by atoms with Crippen molar-refractivity contribution >= 4 is 33.3 Å². The van der Waals surface area contributed by atoms with Crippen molar-refractivity contribution in [3.63, 3.8) is 0 Å². The number of Topliss-reactive ketones (excluding diaryl/α,β-unsaturated/α-hetero) is 1. The summed E-state index contributed by atoms with van der Waals surface area (Å²) in [5, 5.41) is 2.34. The van der Waals surface area contributed by atoms with Gasteiger partial charge in [-0.05, 0) is 12.5 Å². The second-order valence-corrected chi connectivity index (χ2v) is 7.91. The molecule has 0 fully saturated rings. The van der Waals surface area contributed by atoms with Crippen molar-refractivity contribution in [1.82, 2.24) is 9.55 Å². The number of aryl methyl sites for hydroxylation is 1. The van der Waals surface area contributed by atoms with Crippen LogP contribution in [0.4, 0.5) is 0 Å². The third-order valence-corrected chi connectivity index (χ3v) is 6.03. The van der Waals surface area contributed by atoms with Crippen molar-refractivity contribution in [1.29, 1.82) is 0 Å². The minimum absolute atomic E-state index is 0.261. The number of rotatable bonds is 6. The summed E-state index contributed by atoms with van der Waals surface area (Å²) >= 11 is 1.38. The number of thiophene rings is 1. The van der Waals surface area contributed by atoms with Crippen molar-refractivity contribution in [2.75, 3.05) is 7.11 Å². The van der Waals surface area contributed by atoms with Gasteiger partial charge in [0.1, 0.15) is 16.7 Å². The van der Waals surface area contributed by atoms with Gasteiger partial charge in [-0.15, -0.1) is 11.3 Å². The minimum Gasteiger partial charge on any atom is -0.469 e. The van der Waals surface area contributed by atoms with Crippen molar-refractivity contribution < 1.29 is 14.3 Å².